The molecule has 2 aromatic carbocycles. The topological polar surface area (TPSA) is 64.1 Å². The summed E-state index contributed by atoms with van der Waals surface area (Å²) < 4.78 is 44.3. The minimum atomic E-state index is -4.65. The van der Waals surface area contributed by atoms with Crippen LogP contribution in [0.1, 0.15) is 43.5 Å². The van der Waals surface area contributed by atoms with Gasteiger partial charge in [0.1, 0.15) is 0 Å². The Bertz CT molecular complexity index is 1110. The maximum Gasteiger partial charge on any atom is 0.433 e. The van der Waals surface area contributed by atoms with Crippen molar-refractivity contribution >= 4 is 17.5 Å². The van der Waals surface area contributed by atoms with Crippen molar-refractivity contribution in [3.05, 3.63) is 88.7 Å². The molecule has 0 aliphatic carbocycles. The highest BCUT2D eigenvalue weighted by Gasteiger charge is 2.36. The van der Waals surface area contributed by atoms with Crippen molar-refractivity contribution in [3.63, 3.8) is 0 Å². The van der Waals surface area contributed by atoms with E-state index >= 15 is 0 Å². The van der Waals surface area contributed by atoms with Gasteiger partial charge in [-0.15, -0.1) is 0 Å². The summed E-state index contributed by atoms with van der Waals surface area (Å²) in [4.78, 5) is 20.2. The van der Waals surface area contributed by atoms with E-state index in [1.165, 1.54) is 13.8 Å². The number of nitrogens with one attached hydrogen (secondary N) is 1. The van der Waals surface area contributed by atoms with Crippen LogP contribution in [0.25, 0.3) is 0 Å². The number of hydrogen-bond donors (Lipinski definition) is 1. The third-order valence-corrected chi connectivity index (χ3v) is 5.63. The predicted molar refractivity (Wildman–Crippen MR) is 124 cm³/mol. The Kier molecular flexibility index (Phi) is 7.82. The minimum absolute atomic E-state index is 0.0769. The molecule has 1 aromatic heterocycles. The Morgan fingerprint density at radius 3 is 2.32 bits per heavy atom. The van der Waals surface area contributed by atoms with Crippen LogP contribution in [0.15, 0.2) is 66.9 Å². The average molecular weight is 492 g/mol. The number of hydrogen-bond acceptors (Lipinski definition) is 4. The number of aromatic nitrogens is 2. The molecule has 0 fully saturated rings. The van der Waals surface area contributed by atoms with E-state index in [2.05, 4.69) is 15.3 Å². The number of rotatable bonds is 8. The Morgan fingerprint density at radius 2 is 1.71 bits per heavy atom. The lowest BCUT2D eigenvalue weighted by atomic mass is 9.86. The predicted octanol–water partition coefficient (Wildman–Crippen LogP) is 5.84. The van der Waals surface area contributed by atoms with Crippen LogP contribution >= 0.6 is 11.6 Å². The highest BCUT2D eigenvalue weighted by molar-refractivity contribution is 6.30. The lowest BCUT2D eigenvalue weighted by Crippen LogP contribution is -2.51. The lowest BCUT2D eigenvalue weighted by molar-refractivity contribution is -0.142. The van der Waals surface area contributed by atoms with Gasteiger partial charge in [0.05, 0.1) is 0 Å². The molecule has 0 bridgehead atoms. The van der Waals surface area contributed by atoms with Crippen molar-refractivity contribution in [1.82, 2.24) is 15.3 Å². The largest absolute Gasteiger partial charge is 0.447 e. The van der Waals surface area contributed by atoms with Gasteiger partial charge < -0.3 is 10.1 Å². The standard InChI is InChI=1S/C25H25ClF3N3O2/c1-16(20(18-7-5-4-6-8-18)15-17-9-11-19(26)12-10-17)31-22(33)24(2,3)34-23-30-14-13-21(32-23)25(27,28)29/h4-14,16,20H,15H2,1-3H3,(H,31,33)/t16-,20?/m0/s1. The summed E-state index contributed by atoms with van der Waals surface area (Å²) in [6.07, 6.45) is -3.06. The highest BCUT2D eigenvalue weighted by Crippen LogP contribution is 2.29. The van der Waals surface area contributed by atoms with Gasteiger partial charge in [0.15, 0.2) is 11.3 Å². The average Bonchev–Trinajstić information content (AvgIpc) is 2.78. The van der Waals surface area contributed by atoms with E-state index in [4.69, 9.17) is 16.3 Å². The molecule has 0 aliphatic heterocycles. The monoisotopic (exact) mass is 491 g/mol. The molecular weight excluding hydrogens is 467 g/mol. The fourth-order valence-electron chi connectivity index (χ4n) is 3.46. The van der Waals surface area contributed by atoms with E-state index in [0.29, 0.717) is 11.4 Å². The summed E-state index contributed by atoms with van der Waals surface area (Å²) in [5, 5.41) is 3.58. The zero-order valence-corrected chi connectivity index (χ0v) is 19.7. The molecule has 3 rings (SSSR count). The van der Waals surface area contributed by atoms with Crippen molar-refractivity contribution < 1.29 is 22.7 Å². The third-order valence-electron chi connectivity index (χ3n) is 5.38. The fourth-order valence-corrected chi connectivity index (χ4v) is 3.59. The smallest absolute Gasteiger partial charge is 0.433 e. The van der Waals surface area contributed by atoms with Crippen molar-refractivity contribution in [3.8, 4) is 6.01 Å². The van der Waals surface area contributed by atoms with E-state index in [9.17, 15) is 18.0 Å². The first kappa shape index (κ1) is 25.5. The van der Waals surface area contributed by atoms with Gasteiger partial charge in [0.2, 0.25) is 0 Å². The summed E-state index contributed by atoms with van der Waals surface area (Å²) in [5.41, 5.74) is -0.577. The zero-order valence-electron chi connectivity index (χ0n) is 18.9. The Balaban J connectivity index is 1.76. The molecule has 1 N–H and O–H groups in total. The zero-order chi connectivity index (χ0) is 24.9. The quantitative estimate of drug-likeness (QED) is 0.430. The van der Waals surface area contributed by atoms with E-state index in [0.717, 1.165) is 23.4 Å². The number of alkyl halides is 3. The number of carbonyl (C=O) groups excluding carboxylic acids is 1. The molecule has 0 radical (unpaired) electrons. The number of benzene rings is 2. The van der Waals surface area contributed by atoms with Crippen LogP contribution in [-0.2, 0) is 17.4 Å². The lowest BCUT2D eigenvalue weighted by Gasteiger charge is -2.30. The summed E-state index contributed by atoms with van der Waals surface area (Å²) in [7, 11) is 0. The van der Waals surface area contributed by atoms with Gasteiger partial charge in [0.25, 0.3) is 5.91 Å². The van der Waals surface area contributed by atoms with Crippen LogP contribution in [0.3, 0.4) is 0 Å². The Labute approximate surface area is 201 Å². The Hall–Kier alpha value is -3.13. The van der Waals surface area contributed by atoms with E-state index in [-0.39, 0.29) is 12.0 Å². The molecule has 0 aliphatic rings. The van der Waals surface area contributed by atoms with Crippen LogP contribution < -0.4 is 10.1 Å². The SMILES string of the molecule is C[C@H](NC(=O)C(C)(C)Oc1nccc(C(F)(F)F)n1)C(Cc1ccc(Cl)cc1)c1ccccc1. The fraction of sp³-hybridized carbons (Fsp3) is 0.320. The van der Waals surface area contributed by atoms with Gasteiger partial charge in [0, 0.05) is 23.2 Å². The molecule has 0 spiro atoms. The summed E-state index contributed by atoms with van der Waals surface area (Å²) in [5.74, 6) is -0.579. The van der Waals surface area contributed by atoms with Crippen LogP contribution in [-0.4, -0.2) is 27.5 Å². The summed E-state index contributed by atoms with van der Waals surface area (Å²) >= 11 is 6.00. The molecule has 0 saturated carbocycles. The van der Waals surface area contributed by atoms with Crippen molar-refractivity contribution in [2.75, 3.05) is 0 Å². The van der Waals surface area contributed by atoms with Gasteiger partial charge in [-0.25, -0.2) is 4.98 Å². The van der Waals surface area contributed by atoms with Gasteiger partial charge in [-0.3, -0.25) is 4.79 Å². The molecular formula is C25H25ClF3N3O2. The number of ether oxygens (including phenoxy) is 1. The second-order valence-corrected chi connectivity index (χ2v) is 8.88. The summed E-state index contributed by atoms with van der Waals surface area (Å²) in [6.45, 7) is 4.78. The highest BCUT2D eigenvalue weighted by atomic mass is 35.5. The first-order chi connectivity index (χ1) is 16.0. The molecule has 180 valence electrons. The molecule has 2 atom stereocenters. The van der Waals surface area contributed by atoms with Crippen molar-refractivity contribution in [2.45, 2.75) is 50.9 Å². The van der Waals surface area contributed by atoms with Crippen LogP contribution in [0.2, 0.25) is 5.02 Å². The van der Waals surface area contributed by atoms with Gasteiger partial charge in [-0.05, 0) is 56.5 Å². The van der Waals surface area contributed by atoms with Gasteiger partial charge >= 0.3 is 12.2 Å². The molecule has 0 saturated heterocycles. The van der Waals surface area contributed by atoms with E-state index < -0.39 is 29.4 Å². The Morgan fingerprint density at radius 1 is 1.06 bits per heavy atom. The van der Waals surface area contributed by atoms with Crippen LogP contribution in [0, 0.1) is 0 Å². The number of amides is 1. The third kappa shape index (κ3) is 6.70. The molecule has 1 amide bonds. The molecule has 3 aromatic rings. The maximum absolute atomic E-state index is 13.1. The maximum atomic E-state index is 13.1. The molecule has 1 unspecified atom stereocenters. The summed E-state index contributed by atoms with van der Waals surface area (Å²) in [6, 6.07) is 17.1. The van der Waals surface area contributed by atoms with Crippen LogP contribution in [0.4, 0.5) is 13.2 Å². The van der Waals surface area contributed by atoms with Crippen LogP contribution in [0.5, 0.6) is 6.01 Å². The number of carbonyl (C=O) groups is 1. The van der Waals surface area contributed by atoms with E-state index in [1.54, 1.807) is 0 Å². The molecule has 5 nitrogen and oxygen atoms in total. The van der Waals surface area contributed by atoms with Gasteiger partial charge in [-0.1, -0.05) is 54.1 Å². The van der Waals surface area contributed by atoms with E-state index in [1.807, 2.05) is 61.5 Å². The molecule has 34 heavy (non-hydrogen) atoms. The minimum Gasteiger partial charge on any atom is -0.447 e. The normalized spacial score (nSPS) is 13.7. The molecule has 9 heteroatoms. The van der Waals surface area contributed by atoms with Gasteiger partial charge in [-0.2, -0.15) is 18.2 Å². The first-order valence-corrected chi connectivity index (χ1v) is 11.0. The first-order valence-electron chi connectivity index (χ1n) is 10.7. The number of halogens is 4. The molecule has 1 heterocycles. The number of nitrogens with zero attached hydrogens (tertiary/aromatic N) is 2. The van der Waals surface area contributed by atoms with Crippen molar-refractivity contribution in [2.24, 2.45) is 0 Å². The second kappa shape index (κ2) is 10.4. The second-order valence-electron chi connectivity index (χ2n) is 8.44. The van der Waals surface area contributed by atoms with Crippen molar-refractivity contribution in [1.29, 1.82) is 0 Å².